The lowest BCUT2D eigenvalue weighted by Gasteiger charge is -2.04. The minimum atomic E-state index is -0.285. The van der Waals surface area contributed by atoms with Crippen molar-refractivity contribution in [3.63, 3.8) is 0 Å². The van der Waals surface area contributed by atoms with Gasteiger partial charge in [-0.2, -0.15) is 0 Å². The van der Waals surface area contributed by atoms with E-state index in [2.05, 4.69) is 15.0 Å². The zero-order valence-electron chi connectivity index (χ0n) is 7.69. The van der Waals surface area contributed by atoms with E-state index < -0.39 is 0 Å². The Bertz CT molecular complexity index is 517. The van der Waals surface area contributed by atoms with Gasteiger partial charge in [-0.3, -0.25) is 9.78 Å². The Morgan fingerprint density at radius 2 is 2.36 bits per heavy atom. The Morgan fingerprint density at radius 1 is 1.57 bits per heavy atom. The van der Waals surface area contributed by atoms with Gasteiger partial charge in [0.1, 0.15) is 5.82 Å². The highest BCUT2D eigenvalue weighted by Gasteiger charge is 2.05. The molecule has 0 saturated carbocycles. The second-order valence-corrected chi connectivity index (χ2v) is 3.13. The number of pyridine rings is 1. The maximum atomic E-state index is 11.5. The second-order valence-electron chi connectivity index (χ2n) is 3.13. The number of nitrogens with two attached hydrogens (primary N) is 1. The third kappa shape index (κ3) is 1.38. The van der Waals surface area contributed by atoms with E-state index in [1.54, 1.807) is 25.4 Å². The molecule has 0 aliphatic heterocycles. The molecule has 0 amide bonds. The van der Waals surface area contributed by atoms with Gasteiger partial charge in [-0.05, 0) is 13.0 Å². The van der Waals surface area contributed by atoms with Crippen LogP contribution < -0.4 is 11.3 Å². The predicted molar refractivity (Wildman–Crippen MR) is 52.8 cm³/mol. The second kappa shape index (κ2) is 3.19. The van der Waals surface area contributed by atoms with E-state index in [0.29, 0.717) is 16.7 Å². The molecule has 14 heavy (non-hydrogen) atoms. The fourth-order valence-corrected chi connectivity index (χ4v) is 1.22. The van der Waals surface area contributed by atoms with Gasteiger partial charge in [0, 0.05) is 6.20 Å². The minimum absolute atomic E-state index is 0.176. The molecule has 2 aromatic heterocycles. The van der Waals surface area contributed by atoms with Crippen molar-refractivity contribution < 1.29 is 0 Å². The molecule has 0 bridgehead atoms. The van der Waals surface area contributed by atoms with Gasteiger partial charge in [0.15, 0.2) is 0 Å². The van der Waals surface area contributed by atoms with Gasteiger partial charge >= 0.3 is 0 Å². The summed E-state index contributed by atoms with van der Waals surface area (Å²) in [6, 6.07) is 1.35. The zero-order chi connectivity index (χ0) is 10.1. The van der Waals surface area contributed by atoms with Crippen LogP contribution in [0, 0.1) is 0 Å². The number of H-pyrrole nitrogens is 1. The largest absolute Gasteiger partial charge is 0.322 e. The number of aromatic amines is 1. The highest BCUT2D eigenvalue weighted by Crippen LogP contribution is 2.06. The van der Waals surface area contributed by atoms with Crippen LogP contribution in [0.3, 0.4) is 0 Å². The van der Waals surface area contributed by atoms with Crippen LogP contribution in [-0.4, -0.2) is 15.0 Å². The van der Waals surface area contributed by atoms with Gasteiger partial charge in [-0.15, -0.1) is 0 Å². The number of fused-ring (bicyclic) bond motifs is 1. The Morgan fingerprint density at radius 3 is 3.07 bits per heavy atom. The summed E-state index contributed by atoms with van der Waals surface area (Å²) in [6.45, 7) is 1.76. The Balaban J connectivity index is 2.79. The number of nitrogens with zero attached hydrogens (tertiary/aromatic N) is 2. The SMILES string of the molecule is CC(N)c1nc2cnccc2c(=O)[nH]1. The van der Waals surface area contributed by atoms with Gasteiger partial charge in [-0.1, -0.05) is 0 Å². The van der Waals surface area contributed by atoms with Crippen molar-refractivity contribution in [3.05, 3.63) is 34.6 Å². The normalized spacial score (nSPS) is 13.0. The van der Waals surface area contributed by atoms with Gasteiger partial charge in [0.05, 0.1) is 23.1 Å². The van der Waals surface area contributed by atoms with Crippen molar-refractivity contribution in [2.75, 3.05) is 0 Å². The summed E-state index contributed by atoms with van der Waals surface area (Å²) in [5.41, 5.74) is 6.02. The summed E-state index contributed by atoms with van der Waals surface area (Å²) in [5.74, 6) is 0.482. The van der Waals surface area contributed by atoms with Crippen molar-refractivity contribution in [3.8, 4) is 0 Å². The van der Waals surface area contributed by atoms with Gasteiger partial charge in [-0.25, -0.2) is 4.98 Å². The van der Waals surface area contributed by atoms with Crippen LogP contribution in [-0.2, 0) is 0 Å². The van der Waals surface area contributed by atoms with E-state index in [4.69, 9.17) is 5.73 Å². The zero-order valence-corrected chi connectivity index (χ0v) is 7.69. The monoisotopic (exact) mass is 190 g/mol. The molecule has 5 nitrogen and oxygen atoms in total. The Kier molecular flexibility index (Phi) is 2.01. The minimum Gasteiger partial charge on any atom is -0.322 e. The van der Waals surface area contributed by atoms with Gasteiger partial charge < -0.3 is 10.7 Å². The molecular formula is C9H10N4O. The fourth-order valence-electron chi connectivity index (χ4n) is 1.22. The lowest BCUT2D eigenvalue weighted by molar-refractivity contribution is 0.741. The summed E-state index contributed by atoms with van der Waals surface area (Å²) < 4.78 is 0. The lowest BCUT2D eigenvalue weighted by Crippen LogP contribution is -2.17. The number of nitrogens with one attached hydrogen (secondary N) is 1. The molecule has 0 radical (unpaired) electrons. The third-order valence-corrected chi connectivity index (χ3v) is 1.96. The van der Waals surface area contributed by atoms with Crippen LogP contribution >= 0.6 is 0 Å². The van der Waals surface area contributed by atoms with E-state index in [0.717, 1.165) is 0 Å². The van der Waals surface area contributed by atoms with E-state index in [-0.39, 0.29) is 11.6 Å². The molecule has 5 heteroatoms. The first-order valence-electron chi connectivity index (χ1n) is 4.28. The van der Waals surface area contributed by atoms with E-state index in [1.165, 1.54) is 0 Å². The maximum absolute atomic E-state index is 11.5. The fraction of sp³-hybridized carbons (Fsp3) is 0.222. The van der Waals surface area contributed by atoms with Crippen molar-refractivity contribution in [2.45, 2.75) is 13.0 Å². The average molecular weight is 190 g/mol. The molecule has 2 rings (SSSR count). The van der Waals surface area contributed by atoms with Crippen LogP contribution in [0.1, 0.15) is 18.8 Å². The molecule has 3 N–H and O–H groups in total. The lowest BCUT2D eigenvalue weighted by atomic mass is 10.3. The Labute approximate surface area is 80.0 Å². The smallest absolute Gasteiger partial charge is 0.258 e. The number of hydrogen-bond donors (Lipinski definition) is 2. The van der Waals surface area contributed by atoms with Crippen LogP contribution in [0.5, 0.6) is 0 Å². The topological polar surface area (TPSA) is 84.7 Å². The average Bonchev–Trinajstić information content (AvgIpc) is 2.17. The van der Waals surface area contributed by atoms with Crippen LogP contribution in [0.15, 0.2) is 23.3 Å². The number of hydrogen-bond acceptors (Lipinski definition) is 4. The molecule has 1 unspecified atom stereocenters. The first kappa shape index (κ1) is 8.83. The van der Waals surface area contributed by atoms with Crippen LogP contribution in [0.2, 0.25) is 0 Å². The summed E-state index contributed by atoms with van der Waals surface area (Å²) in [7, 11) is 0. The van der Waals surface area contributed by atoms with Crippen LogP contribution in [0.25, 0.3) is 10.9 Å². The van der Waals surface area contributed by atoms with Crippen molar-refractivity contribution >= 4 is 10.9 Å². The van der Waals surface area contributed by atoms with Crippen LogP contribution in [0.4, 0.5) is 0 Å². The molecule has 0 fully saturated rings. The highest BCUT2D eigenvalue weighted by molar-refractivity contribution is 5.75. The van der Waals surface area contributed by atoms with Crippen molar-refractivity contribution in [2.24, 2.45) is 5.73 Å². The first-order valence-corrected chi connectivity index (χ1v) is 4.28. The van der Waals surface area contributed by atoms with Gasteiger partial charge in [0.25, 0.3) is 5.56 Å². The predicted octanol–water partition coefficient (Wildman–Crippen LogP) is 0.338. The molecule has 0 saturated heterocycles. The molecular weight excluding hydrogens is 180 g/mol. The molecule has 2 heterocycles. The highest BCUT2D eigenvalue weighted by atomic mass is 16.1. The van der Waals surface area contributed by atoms with E-state index >= 15 is 0 Å². The molecule has 0 aliphatic rings. The quantitative estimate of drug-likeness (QED) is 0.679. The van der Waals surface area contributed by atoms with E-state index in [9.17, 15) is 4.79 Å². The third-order valence-electron chi connectivity index (χ3n) is 1.96. The maximum Gasteiger partial charge on any atom is 0.258 e. The van der Waals surface area contributed by atoms with E-state index in [1.807, 2.05) is 0 Å². The summed E-state index contributed by atoms with van der Waals surface area (Å²) in [6.07, 6.45) is 3.11. The molecule has 0 spiro atoms. The number of rotatable bonds is 1. The summed E-state index contributed by atoms with van der Waals surface area (Å²) >= 11 is 0. The van der Waals surface area contributed by atoms with Crippen molar-refractivity contribution in [1.29, 1.82) is 0 Å². The molecule has 72 valence electrons. The van der Waals surface area contributed by atoms with Crippen molar-refractivity contribution in [1.82, 2.24) is 15.0 Å². The first-order chi connectivity index (χ1) is 6.68. The molecule has 0 aromatic carbocycles. The Hall–Kier alpha value is -1.75. The summed E-state index contributed by atoms with van der Waals surface area (Å²) in [4.78, 5) is 22.2. The van der Waals surface area contributed by atoms with Gasteiger partial charge in [0.2, 0.25) is 0 Å². The summed E-state index contributed by atoms with van der Waals surface area (Å²) in [5, 5.41) is 0.532. The molecule has 0 aliphatic carbocycles. The molecule has 2 aromatic rings. The number of aromatic nitrogens is 3. The standard InChI is InChI=1S/C9H10N4O/c1-5(10)8-12-7-4-11-3-2-6(7)9(14)13-8/h2-5H,10H2,1H3,(H,12,13,14). The molecule has 1 atom stereocenters.